The highest BCUT2D eigenvalue weighted by Gasteiger charge is 2.12. The summed E-state index contributed by atoms with van der Waals surface area (Å²) in [6, 6.07) is 9.69. The summed E-state index contributed by atoms with van der Waals surface area (Å²) < 4.78 is 2.94. The number of halogens is 1. The van der Waals surface area contributed by atoms with E-state index in [2.05, 4.69) is 32.0 Å². The van der Waals surface area contributed by atoms with Crippen LogP contribution in [0.4, 0.5) is 5.69 Å². The van der Waals surface area contributed by atoms with Gasteiger partial charge in [-0.3, -0.25) is 4.68 Å². The molecule has 0 amide bonds. The van der Waals surface area contributed by atoms with Crippen LogP contribution in [0.1, 0.15) is 17.0 Å². The quantitative estimate of drug-likeness (QED) is 0.873. The minimum Gasteiger partial charge on any atom is -0.369 e. The molecule has 5 heteroatoms. The number of aryl methyl sites for hydroxylation is 2. The van der Waals surface area contributed by atoms with Crippen molar-refractivity contribution < 1.29 is 0 Å². The van der Waals surface area contributed by atoms with Gasteiger partial charge in [0, 0.05) is 19.8 Å². The topological polar surface area (TPSA) is 44.9 Å². The average Bonchev–Trinajstić information content (AvgIpc) is 2.65. The average molecular weight is 319 g/mol. The number of nitrogens with zero attached hydrogens (tertiary/aromatic N) is 4. The van der Waals surface area contributed by atoms with Gasteiger partial charge in [0.2, 0.25) is 0 Å². The van der Waals surface area contributed by atoms with Gasteiger partial charge >= 0.3 is 0 Å². The molecule has 4 nitrogen and oxygen atoms in total. The van der Waals surface area contributed by atoms with Crippen molar-refractivity contribution in [3.63, 3.8) is 0 Å². The molecule has 1 aromatic carbocycles. The van der Waals surface area contributed by atoms with Crippen LogP contribution in [-0.2, 0) is 13.6 Å². The predicted molar refractivity (Wildman–Crippen MR) is 78.9 cm³/mol. The number of rotatable bonds is 3. The van der Waals surface area contributed by atoms with Crippen LogP contribution >= 0.6 is 15.9 Å². The van der Waals surface area contributed by atoms with Crippen molar-refractivity contribution >= 4 is 21.6 Å². The molecular weight excluding hydrogens is 304 g/mol. The van der Waals surface area contributed by atoms with Gasteiger partial charge in [-0.05, 0) is 47.1 Å². The Morgan fingerprint density at radius 3 is 2.47 bits per heavy atom. The third-order valence-corrected chi connectivity index (χ3v) is 4.12. The van der Waals surface area contributed by atoms with Gasteiger partial charge in [0.1, 0.15) is 0 Å². The highest BCUT2D eigenvalue weighted by Crippen LogP contribution is 2.23. The summed E-state index contributed by atoms with van der Waals surface area (Å²) in [6.45, 7) is 2.74. The van der Waals surface area contributed by atoms with Crippen molar-refractivity contribution in [2.45, 2.75) is 13.5 Å². The summed E-state index contributed by atoms with van der Waals surface area (Å²) in [5.41, 5.74) is 3.87. The summed E-state index contributed by atoms with van der Waals surface area (Å²) in [7, 11) is 3.97. The van der Waals surface area contributed by atoms with E-state index in [9.17, 15) is 0 Å². The molecule has 0 saturated carbocycles. The lowest BCUT2D eigenvalue weighted by Crippen LogP contribution is -2.18. The van der Waals surface area contributed by atoms with Gasteiger partial charge in [-0.2, -0.15) is 10.4 Å². The largest absolute Gasteiger partial charge is 0.369 e. The summed E-state index contributed by atoms with van der Waals surface area (Å²) in [5, 5.41) is 13.2. The van der Waals surface area contributed by atoms with Crippen molar-refractivity contribution in [1.82, 2.24) is 9.78 Å². The smallest absolute Gasteiger partial charge is 0.0991 e. The first kappa shape index (κ1) is 13.6. The maximum Gasteiger partial charge on any atom is 0.0991 e. The molecule has 0 saturated heterocycles. The molecule has 0 atom stereocenters. The van der Waals surface area contributed by atoms with Crippen LogP contribution in [0.3, 0.4) is 0 Å². The van der Waals surface area contributed by atoms with Gasteiger partial charge in [0.25, 0.3) is 0 Å². The van der Waals surface area contributed by atoms with Gasteiger partial charge in [-0.1, -0.05) is 0 Å². The molecule has 0 radical (unpaired) electrons. The first-order valence-corrected chi connectivity index (χ1v) is 6.71. The van der Waals surface area contributed by atoms with Gasteiger partial charge in [0.05, 0.1) is 34.0 Å². The lowest BCUT2D eigenvalue weighted by molar-refractivity contribution is 0.693. The SMILES string of the molecule is Cc1nn(C)c(CN(C)c2ccc(C#N)cc2)c1Br. The summed E-state index contributed by atoms with van der Waals surface area (Å²) >= 11 is 3.57. The molecule has 2 rings (SSSR count). The van der Waals surface area contributed by atoms with Crippen molar-refractivity contribution in [2.24, 2.45) is 7.05 Å². The lowest BCUT2D eigenvalue weighted by atomic mass is 10.2. The molecule has 0 N–H and O–H groups in total. The summed E-state index contributed by atoms with van der Waals surface area (Å²) in [6.07, 6.45) is 0. The first-order chi connectivity index (χ1) is 9.02. The normalized spacial score (nSPS) is 10.3. The number of aromatic nitrogens is 2. The van der Waals surface area contributed by atoms with Crippen LogP contribution in [0.2, 0.25) is 0 Å². The van der Waals surface area contributed by atoms with E-state index in [0.29, 0.717) is 5.56 Å². The summed E-state index contributed by atoms with van der Waals surface area (Å²) in [4.78, 5) is 2.13. The van der Waals surface area contributed by atoms with E-state index in [4.69, 9.17) is 5.26 Å². The van der Waals surface area contributed by atoms with E-state index in [1.165, 1.54) is 0 Å². The van der Waals surface area contributed by atoms with Crippen molar-refractivity contribution in [3.05, 3.63) is 45.7 Å². The maximum absolute atomic E-state index is 8.80. The number of anilines is 1. The van der Waals surface area contributed by atoms with Crippen LogP contribution < -0.4 is 4.90 Å². The fraction of sp³-hybridized carbons (Fsp3) is 0.286. The van der Waals surface area contributed by atoms with Crippen molar-refractivity contribution in [2.75, 3.05) is 11.9 Å². The maximum atomic E-state index is 8.80. The van der Waals surface area contributed by atoms with Gasteiger partial charge in [-0.25, -0.2) is 0 Å². The molecule has 98 valence electrons. The van der Waals surface area contributed by atoms with Gasteiger partial charge in [-0.15, -0.1) is 0 Å². The molecule has 1 heterocycles. The number of hydrogen-bond acceptors (Lipinski definition) is 3. The third kappa shape index (κ3) is 2.79. The number of nitriles is 1. The third-order valence-electron chi connectivity index (χ3n) is 3.09. The molecule has 1 aromatic heterocycles. The molecular formula is C14H15BrN4. The Morgan fingerprint density at radius 1 is 1.37 bits per heavy atom. The molecule has 0 fully saturated rings. The monoisotopic (exact) mass is 318 g/mol. The molecule has 0 unspecified atom stereocenters. The Bertz CT molecular complexity index is 622. The Hall–Kier alpha value is -1.80. The molecule has 0 aliphatic carbocycles. The van der Waals surface area contributed by atoms with Crippen LogP contribution in [0.5, 0.6) is 0 Å². The minimum absolute atomic E-state index is 0.676. The van der Waals surface area contributed by atoms with Gasteiger partial charge < -0.3 is 4.90 Å². The molecule has 2 aromatic rings. The van der Waals surface area contributed by atoms with Crippen LogP contribution in [0.15, 0.2) is 28.7 Å². The number of benzene rings is 1. The molecule has 0 aliphatic heterocycles. The van der Waals surface area contributed by atoms with E-state index in [1.54, 1.807) is 0 Å². The standard InChI is InChI=1S/C14H15BrN4/c1-10-14(15)13(19(3)17-10)9-18(2)12-6-4-11(8-16)5-7-12/h4-7H,9H2,1-3H3. The molecule has 19 heavy (non-hydrogen) atoms. The molecule has 0 spiro atoms. The fourth-order valence-electron chi connectivity index (χ4n) is 1.96. The molecule has 0 aliphatic rings. The van der Waals surface area contributed by atoms with Gasteiger partial charge in [0.15, 0.2) is 0 Å². The Morgan fingerprint density at radius 2 is 2.00 bits per heavy atom. The Balaban J connectivity index is 2.20. The van der Waals surface area contributed by atoms with E-state index in [0.717, 1.165) is 28.1 Å². The second kappa shape index (κ2) is 5.45. The highest BCUT2D eigenvalue weighted by atomic mass is 79.9. The summed E-state index contributed by atoms with van der Waals surface area (Å²) in [5.74, 6) is 0. The van der Waals surface area contributed by atoms with Crippen molar-refractivity contribution in [3.8, 4) is 6.07 Å². The first-order valence-electron chi connectivity index (χ1n) is 5.92. The zero-order chi connectivity index (χ0) is 14.0. The van der Waals surface area contributed by atoms with E-state index >= 15 is 0 Å². The van der Waals surface area contributed by atoms with Crippen LogP contribution in [-0.4, -0.2) is 16.8 Å². The second-order valence-electron chi connectivity index (χ2n) is 4.48. The predicted octanol–water partition coefficient (Wildman–Crippen LogP) is 3.00. The number of hydrogen-bond donors (Lipinski definition) is 0. The Kier molecular flexibility index (Phi) is 3.91. The second-order valence-corrected chi connectivity index (χ2v) is 5.28. The minimum atomic E-state index is 0.676. The van der Waals surface area contributed by atoms with Crippen LogP contribution in [0, 0.1) is 18.3 Å². The van der Waals surface area contributed by atoms with E-state index in [-0.39, 0.29) is 0 Å². The fourth-order valence-corrected chi connectivity index (χ4v) is 2.42. The lowest BCUT2D eigenvalue weighted by Gasteiger charge is -2.19. The van der Waals surface area contributed by atoms with Crippen LogP contribution in [0.25, 0.3) is 0 Å². The molecule has 0 bridgehead atoms. The van der Waals surface area contributed by atoms with Crippen molar-refractivity contribution in [1.29, 1.82) is 5.26 Å². The van der Waals surface area contributed by atoms with E-state index in [1.807, 2.05) is 50.0 Å². The highest BCUT2D eigenvalue weighted by molar-refractivity contribution is 9.10. The zero-order valence-corrected chi connectivity index (χ0v) is 12.8. The Labute approximate surface area is 121 Å². The zero-order valence-electron chi connectivity index (χ0n) is 11.2. The van der Waals surface area contributed by atoms with E-state index < -0.39 is 0 Å².